The molecule has 2 aromatic rings. The van der Waals surface area contributed by atoms with Crippen LogP contribution in [0.25, 0.3) is 11.1 Å². The van der Waals surface area contributed by atoms with Crippen molar-refractivity contribution in [3.63, 3.8) is 0 Å². The number of hydrogen-bond donors (Lipinski definition) is 3. The van der Waals surface area contributed by atoms with E-state index in [1.807, 2.05) is 48.5 Å². The smallest absolute Gasteiger partial charge is 0.407 e. The molecule has 0 unspecified atom stereocenters. The molecule has 0 spiro atoms. The van der Waals surface area contributed by atoms with E-state index in [9.17, 15) is 33.9 Å². The molecule has 7 atom stereocenters. The van der Waals surface area contributed by atoms with Crippen LogP contribution < -0.4 is 10.6 Å². The molecule has 15 heteroatoms. The maximum atomic E-state index is 13.0. The number of fused-ring (bicyclic) bond motifs is 3. The first-order valence-electron chi connectivity index (χ1n) is 15.2. The summed E-state index contributed by atoms with van der Waals surface area (Å²) in [7, 11) is 0. The van der Waals surface area contributed by atoms with E-state index in [1.54, 1.807) is 0 Å². The highest BCUT2D eigenvalue weighted by Crippen LogP contribution is 2.44. The van der Waals surface area contributed by atoms with E-state index in [-0.39, 0.29) is 12.5 Å². The zero-order valence-corrected chi connectivity index (χ0v) is 27.0. The zero-order chi connectivity index (χ0) is 35.1. The SMILES string of the molecule is CC(=O)N[C@@H]1[C@H](O[C@@H](C)[C@@H](NC(=O)OCC2c3ccccc3-c3ccccc32)C(=O)O)O[C@@H](COC(C)=O)[C@@H](OC(C)=O)[C@H]1OC(C)=O. The molecule has 4 rings (SSSR count). The Morgan fingerprint density at radius 2 is 1.35 bits per heavy atom. The summed E-state index contributed by atoms with van der Waals surface area (Å²) >= 11 is 0. The normalized spacial score (nSPS) is 22.6. The van der Waals surface area contributed by atoms with Crippen LogP contribution in [0, 0.1) is 0 Å². The third-order valence-corrected chi connectivity index (χ3v) is 7.77. The van der Waals surface area contributed by atoms with Gasteiger partial charge in [0.15, 0.2) is 24.5 Å². The van der Waals surface area contributed by atoms with E-state index in [2.05, 4.69) is 10.6 Å². The van der Waals surface area contributed by atoms with Gasteiger partial charge in [0, 0.05) is 33.6 Å². The number of esters is 3. The fourth-order valence-corrected chi connectivity index (χ4v) is 5.84. The van der Waals surface area contributed by atoms with Crippen LogP contribution in [0.1, 0.15) is 51.7 Å². The second kappa shape index (κ2) is 15.7. The van der Waals surface area contributed by atoms with Gasteiger partial charge in [0.2, 0.25) is 5.91 Å². The Morgan fingerprint density at radius 3 is 1.88 bits per heavy atom. The summed E-state index contributed by atoms with van der Waals surface area (Å²) in [6, 6.07) is 12.4. The van der Waals surface area contributed by atoms with E-state index < -0.39 is 85.3 Å². The molecule has 15 nitrogen and oxygen atoms in total. The first-order valence-corrected chi connectivity index (χ1v) is 15.2. The molecule has 0 saturated carbocycles. The average molecular weight is 671 g/mol. The summed E-state index contributed by atoms with van der Waals surface area (Å²) in [5.74, 6) is -4.67. The Labute approximate surface area is 276 Å². The largest absolute Gasteiger partial charge is 0.480 e. The molecule has 1 fully saturated rings. The molecule has 258 valence electrons. The van der Waals surface area contributed by atoms with Crippen LogP contribution in [0.2, 0.25) is 0 Å². The van der Waals surface area contributed by atoms with Gasteiger partial charge < -0.3 is 44.2 Å². The standard InChI is InChI=1S/C33H38N2O13/c1-16(27(31(40)41)35-33(42)44-14-25-23-12-8-6-10-21(23)22-11-7-9-13-24(22)25)45-32-28(34-17(2)36)30(47-20(5)39)29(46-19(4)38)26(48-32)15-43-18(3)37/h6-13,16,25-30,32H,14-15H2,1-5H3,(H,34,36)(H,35,42)(H,40,41)/t16-,26-,27+,28-,29+,30-,32+/m0/s1. The second-order valence-electron chi connectivity index (χ2n) is 11.3. The number of ether oxygens (including phenoxy) is 6. The number of carbonyl (C=O) groups excluding carboxylic acids is 5. The van der Waals surface area contributed by atoms with Crippen molar-refractivity contribution in [2.75, 3.05) is 13.2 Å². The minimum absolute atomic E-state index is 0.0722. The Balaban J connectivity index is 1.52. The molecule has 1 aliphatic carbocycles. The Kier molecular flexibility index (Phi) is 11.7. The Bertz CT molecular complexity index is 1500. The van der Waals surface area contributed by atoms with E-state index >= 15 is 0 Å². The number of carboxylic acid groups (broad SMARTS) is 1. The Morgan fingerprint density at radius 1 is 0.792 bits per heavy atom. The van der Waals surface area contributed by atoms with Crippen LogP contribution in [-0.4, -0.2) is 97.0 Å². The van der Waals surface area contributed by atoms with Crippen LogP contribution in [0.3, 0.4) is 0 Å². The van der Waals surface area contributed by atoms with E-state index in [0.717, 1.165) is 49.9 Å². The molecule has 1 heterocycles. The van der Waals surface area contributed by atoms with Gasteiger partial charge >= 0.3 is 30.0 Å². The monoisotopic (exact) mass is 670 g/mol. The van der Waals surface area contributed by atoms with Crippen molar-refractivity contribution >= 4 is 35.9 Å². The molecule has 3 N–H and O–H groups in total. The first kappa shape index (κ1) is 35.8. The highest BCUT2D eigenvalue weighted by atomic mass is 16.7. The van der Waals surface area contributed by atoms with Crippen LogP contribution in [0.4, 0.5) is 4.79 Å². The Hall–Kier alpha value is -5.02. The number of nitrogens with one attached hydrogen (secondary N) is 2. The minimum atomic E-state index is -1.69. The van der Waals surface area contributed by atoms with Gasteiger partial charge in [-0.15, -0.1) is 0 Å². The number of carbonyl (C=O) groups is 6. The van der Waals surface area contributed by atoms with Gasteiger partial charge in [0.05, 0.1) is 6.10 Å². The summed E-state index contributed by atoms with van der Waals surface area (Å²) < 4.78 is 33.2. The fourth-order valence-electron chi connectivity index (χ4n) is 5.84. The van der Waals surface area contributed by atoms with Gasteiger partial charge in [-0.1, -0.05) is 48.5 Å². The number of alkyl carbamates (subject to hydrolysis) is 1. The van der Waals surface area contributed by atoms with Crippen LogP contribution in [0.15, 0.2) is 48.5 Å². The molecule has 1 saturated heterocycles. The number of hydrogen-bond acceptors (Lipinski definition) is 12. The molecule has 2 aliphatic rings. The average Bonchev–Trinajstić information content (AvgIpc) is 3.33. The third-order valence-electron chi connectivity index (χ3n) is 7.77. The fraction of sp³-hybridized carbons (Fsp3) is 0.455. The molecule has 0 radical (unpaired) electrons. The van der Waals surface area contributed by atoms with Gasteiger partial charge in [-0.3, -0.25) is 19.2 Å². The quantitative estimate of drug-likeness (QED) is 0.219. The number of aliphatic carboxylic acids is 1. The maximum Gasteiger partial charge on any atom is 0.407 e. The van der Waals surface area contributed by atoms with Crippen LogP contribution in [-0.2, 0) is 52.4 Å². The van der Waals surface area contributed by atoms with Gasteiger partial charge in [-0.05, 0) is 29.2 Å². The molecular formula is C33H38N2O13. The van der Waals surface area contributed by atoms with E-state index in [0.29, 0.717) is 0 Å². The van der Waals surface area contributed by atoms with Gasteiger partial charge in [-0.2, -0.15) is 0 Å². The van der Waals surface area contributed by atoms with Crippen molar-refractivity contribution in [3.8, 4) is 11.1 Å². The van der Waals surface area contributed by atoms with Crippen molar-refractivity contribution in [3.05, 3.63) is 59.7 Å². The van der Waals surface area contributed by atoms with Crippen molar-refractivity contribution in [2.24, 2.45) is 0 Å². The molecule has 2 aromatic carbocycles. The predicted molar refractivity (Wildman–Crippen MR) is 164 cm³/mol. The molecule has 1 aliphatic heterocycles. The summed E-state index contributed by atoms with van der Waals surface area (Å²) in [4.78, 5) is 73.2. The number of amides is 2. The molecule has 0 aromatic heterocycles. The highest BCUT2D eigenvalue weighted by Gasteiger charge is 2.52. The lowest BCUT2D eigenvalue weighted by atomic mass is 9.95. The lowest BCUT2D eigenvalue weighted by Gasteiger charge is -2.45. The van der Waals surface area contributed by atoms with Crippen molar-refractivity contribution in [1.82, 2.24) is 10.6 Å². The van der Waals surface area contributed by atoms with Crippen molar-refractivity contribution in [2.45, 2.75) is 83.3 Å². The number of benzene rings is 2. The lowest BCUT2D eigenvalue weighted by molar-refractivity contribution is -0.287. The van der Waals surface area contributed by atoms with E-state index in [1.165, 1.54) is 6.92 Å². The maximum absolute atomic E-state index is 13.0. The summed E-state index contributed by atoms with van der Waals surface area (Å²) in [6.07, 6.45) is -7.98. The van der Waals surface area contributed by atoms with Crippen LogP contribution >= 0.6 is 0 Å². The second-order valence-corrected chi connectivity index (χ2v) is 11.3. The number of carboxylic acids is 1. The molecule has 0 bridgehead atoms. The number of rotatable bonds is 12. The third kappa shape index (κ3) is 8.66. The topological polar surface area (TPSA) is 202 Å². The van der Waals surface area contributed by atoms with Gasteiger partial charge in [-0.25, -0.2) is 9.59 Å². The van der Waals surface area contributed by atoms with E-state index in [4.69, 9.17) is 28.4 Å². The molecular weight excluding hydrogens is 632 g/mol. The predicted octanol–water partition coefficient (Wildman–Crippen LogP) is 2.04. The van der Waals surface area contributed by atoms with Crippen LogP contribution in [0.5, 0.6) is 0 Å². The van der Waals surface area contributed by atoms with Gasteiger partial charge in [0.1, 0.15) is 25.4 Å². The van der Waals surface area contributed by atoms with Gasteiger partial charge in [0.25, 0.3) is 0 Å². The molecule has 2 amide bonds. The summed E-state index contributed by atoms with van der Waals surface area (Å²) in [5, 5.41) is 14.9. The zero-order valence-electron chi connectivity index (χ0n) is 27.0. The molecule has 48 heavy (non-hydrogen) atoms. The first-order chi connectivity index (χ1) is 22.8. The highest BCUT2D eigenvalue weighted by molar-refractivity contribution is 5.81. The van der Waals surface area contributed by atoms with Crippen molar-refractivity contribution in [1.29, 1.82) is 0 Å². The minimum Gasteiger partial charge on any atom is -0.480 e. The lowest BCUT2D eigenvalue weighted by Crippen LogP contribution is -2.67. The summed E-state index contributed by atoms with van der Waals surface area (Å²) in [6.45, 7) is 5.26. The summed E-state index contributed by atoms with van der Waals surface area (Å²) in [5.41, 5.74) is 3.97. The van der Waals surface area contributed by atoms with Crippen molar-refractivity contribution < 1.29 is 62.3 Å².